The third kappa shape index (κ3) is 2.87. The van der Waals surface area contributed by atoms with Crippen LogP contribution in [0.5, 0.6) is 11.5 Å². The van der Waals surface area contributed by atoms with Crippen LogP contribution in [-0.2, 0) is 0 Å². The lowest BCUT2D eigenvalue weighted by atomic mass is 9.92. The minimum atomic E-state index is -0.229. The van der Waals surface area contributed by atoms with Crippen LogP contribution in [0.15, 0.2) is 42.5 Å². The molecular weight excluding hydrogens is 292 g/mol. The second-order valence-corrected chi connectivity index (χ2v) is 5.65. The summed E-state index contributed by atoms with van der Waals surface area (Å²) < 4.78 is 5.98. The minimum absolute atomic E-state index is 0.0837. The number of aryl methyl sites for hydroxylation is 1. The number of aliphatic hydroxyl groups excluding tert-OH is 1. The van der Waals surface area contributed by atoms with Crippen molar-refractivity contribution in [1.29, 1.82) is 0 Å². The number of ether oxygens (including phenoxy) is 1. The number of fused-ring (bicyclic) bond motifs is 2. The predicted octanol–water partition coefficient (Wildman–Crippen LogP) is 2.82. The number of hydrogen-bond donors (Lipinski definition) is 2. The fourth-order valence-corrected chi connectivity index (χ4v) is 2.88. The number of nitrogens with zero attached hydrogens (tertiary/aromatic N) is 1. The Balaban J connectivity index is 2.04. The Labute approximate surface area is 135 Å². The second kappa shape index (κ2) is 6.30. The highest BCUT2D eigenvalue weighted by atomic mass is 16.5. The summed E-state index contributed by atoms with van der Waals surface area (Å²) in [5.41, 5.74) is 3.03. The number of nitrogens with one attached hydrogen (secondary N) is 1. The van der Waals surface area contributed by atoms with Gasteiger partial charge < -0.3 is 20.1 Å². The number of amides is 2. The Morgan fingerprint density at radius 1 is 1.22 bits per heavy atom. The largest absolute Gasteiger partial charge is 0.457 e. The van der Waals surface area contributed by atoms with E-state index in [0.29, 0.717) is 0 Å². The summed E-state index contributed by atoms with van der Waals surface area (Å²) in [4.78, 5) is 14.0. The Morgan fingerprint density at radius 3 is 2.74 bits per heavy atom. The minimum Gasteiger partial charge on any atom is -0.457 e. The maximum atomic E-state index is 12.4. The Bertz CT molecular complexity index is 730. The van der Waals surface area contributed by atoms with E-state index in [-0.39, 0.29) is 25.2 Å². The van der Waals surface area contributed by atoms with E-state index in [1.54, 1.807) is 11.9 Å². The molecule has 1 heterocycles. The van der Waals surface area contributed by atoms with E-state index in [1.165, 1.54) is 0 Å². The molecule has 0 saturated heterocycles. The SMILES string of the molecule is Cc1ccc2c(c1)C(N(C)C(=O)NCCO)c1ccccc1O2. The maximum absolute atomic E-state index is 12.4. The van der Waals surface area contributed by atoms with Crippen LogP contribution in [0, 0.1) is 6.92 Å². The van der Waals surface area contributed by atoms with Gasteiger partial charge in [0.05, 0.1) is 12.6 Å². The lowest BCUT2D eigenvalue weighted by molar-refractivity contribution is 0.191. The van der Waals surface area contributed by atoms with Gasteiger partial charge >= 0.3 is 6.03 Å². The van der Waals surface area contributed by atoms with E-state index in [9.17, 15) is 4.79 Å². The number of hydrogen-bond acceptors (Lipinski definition) is 3. The van der Waals surface area contributed by atoms with Crippen molar-refractivity contribution in [2.45, 2.75) is 13.0 Å². The molecule has 0 aromatic heterocycles. The van der Waals surface area contributed by atoms with Crippen LogP contribution in [0.25, 0.3) is 0 Å². The van der Waals surface area contributed by atoms with E-state index in [2.05, 4.69) is 5.32 Å². The third-order valence-corrected chi connectivity index (χ3v) is 3.99. The first-order chi connectivity index (χ1) is 11.1. The summed E-state index contributed by atoms with van der Waals surface area (Å²) in [5.74, 6) is 1.52. The zero-order valence-corrected chi connectivity index (χ0v) is 13.2. The highest BCUT2D eigenvalue weighted by Gasteiger charge is 2.32. The summed E-state index contributed by atoms with van der Waals surface area (Å²) in [7, 11) is 1.76. The molecule has 0 spiro atoms. The van der Waals surface area contributed by atoms with Gasteiger partial charge in [0.2, 0.25) is 0 Å². The molecule has 1 atom stereocenters. The molecule has 2 aromatic carbocycles. The highest BCUT2D eigenvalue weighted by Crippen LogP contribution is 2.45. The average Bonchev–Trinajstić information content (AvgIpc) is 2.57. The maximum Gasteiger partial charge on any atom is 0.318 e. The molecule has 2 N–H and O–H groups in total. The average molecular weight is 312 g/mol. The number of carbonyl (C=O) groups is 1. The van der Waals surface area contributed by atoms with Crippen LogP contribution in [-0.4, -0.2) is 36.2 Å². The molecule has 1 unspecified atom stereocenters. The summed E-state index contributed by atoms with van der Waals surface area (Å²) >= 11 is 0. The number of aliphatic hydroxyl groups is 1. The van der Waals surface area contributed by atoms with Crippen LogP contribution in [0.4, 0.5) is 4.79 Å². The van der Waals surface area contributed by atoms with Crippen LogP contribution >= 0.6 is 0 Å². The summed E-state index contributed by atoms with van der Waals surface area (Å²) in [6.45, 7) is 2.16. The van der Waals surface area contributed by atoms with Gasteiger partial charge in [-0.1, -0.05) is 29.8 Å². The third-order valence-electron chi connectivity index (χ3n) is 3.99. The fourth-order valence-electron chi connectivity index (χ4n) is 2.88. The molecule has 0 bridgehead atoms. The molecule has 2 aromatic rings. The van der Waals surface area contributed by atoms with E-state index >= 15 is 0 Å². The van der Waals surface area contributed by atoms with Crippen molar-refractivity contribution >= 4 is 6.03 Å². The molecule has 5 heteroatoms. The number of urea groups is 1. The molecule has 3 rings (SSSR count). The standard InChI is InChI=1S/C18H20N2O3/c1-12-7-8-16-14(11-12)17(20(2)18(22)19-9-10-21)13-5-3-4-6-15(13)23-16/h3-8,11,17,21H,9-10H2,1-2H3,(H,19,22). The van der Waals surface area contributed by atoms with Gasteiger partial charge in [0.1, 0.15) is 11.5 Å². The molecular formula is C18H20N2O3. The van der Waals surface area contributed by atoms with Crippen LogP contribution < -0.4 is 10.1 Å². The van der Waals surface area contributed by atoms with Crippen molar-refractivity contribution in [3.8, 4) is 11.5 Å². The molecule has 0 fully saturated rings. The number of para-hydroxylation sites is 1. The highest BCUT2D eigenvalue weighted by molar-refractivity contribution is 5.76. The van der Waals surface area contributed by atoms with Crippen molar-refractivity contribution in [3.63, 3.8) is 0 Å². The molecule has 120 valence electrons. The summed E-state index contributed by atoms with van der Waals surface area (Å²) in [6, 6.07) is 13.3. The van der Waals surface area contributed by atoms with E-state index in [0.717, 1.165) is 28.2 Å². The Morgan fingerprint density at radius 2 is 1.96 bits per heavy atom. The number of carbonyl (C=O) groups excluding carboxylic acids is 1. The van der Waals surface area contributed by atoms with Gasteiger partial charge in [0, 0.05) is 24.7 Å². The van der Waals surface area contributed by atoms with Gasteiger partial charge in [0.25, 0.3) is 0 Å². The Hall–Kier alpha value is -2.53. The zero-order valence-electron chi connectivity index (χ0n) is 13.2. The fraction of sp³-hybridized carbons (Fsp3) is 0.278. The smallest absolute Gasteiger partial charge is 0.318 e. The van der Waals surface area contributed by atoms with Gasteiger partial charge in [-0.3, -0.25) is 0 Å². The van der Waals surface area contributed by atoms with E-state index in [4.69, 9.17) is 9.84 Å². The van der Waals surface area contributed by atoms with Gasteiger partial charge in [0.15, 0.2) is 0 Å². The van der Waals surface area contributed by atoms with Crippen LogP contribution in [0.3, 0.4) is 0 Å². The topological polar surface area (TPSA) is 61.8 Å². The number of benzene rings is 2. The molecule has 0 radical (unpaired) electrons. The van der Waals surface area contributed by atoms with Crippen molar-refractivity contribution in [2.75, 3.05) is 20.2 Å². The van der Waals surface area contributed by atoms with Crippen molar-refractivity contribution in [2.24, 2.45) is 0 Å². The first kappa shape index (κ1) is 15.4. The van der Waals surface area contributed by atoms with Crippen LogP contribution in [0.1, 0.15) is 22.7 Å². The molecule has 0 saturated carbocycles. The lowest BCUT2D eigenvalue weighted by Crippen LogP contribution is -2.41. The molecule has 23 heavy (non-hydrogen) atoms. The van der Waals surface area contributed by atoms with Gasteiger partial charge in [-0.2, -0.15) is 0 Å². The summed E-state index contributed by atoms with van der Waals surface area (Å²) in [5, 5.41) is 11.6. The van der Waals surface area contributed by atoms with E-state index in [1.807, 2.05) is 49.4 Å². The van der Waals surface area contributed by atoms with E-state index < -0.39 is 0 Å². The molecule has 2 amide bonds. The molecule has 0 aliphatic carbocycles. The monoisotopic (exact) mass is 312 g/mol. The second-order valence-electron chi connectivity index (χ2n) is 5.65. The molecule has 1 aliphatic rings. The van der Waals surface area contributed by atoms with Crippen LogP contribution in [0.2, 0.25) is 0 Å². The van der Waals surface area contributed by atoms with Crippen molar-refractivity contribution in [3.05, 3.63) is 59.2 Å². The zero-order chi connectivity index (χ0) is 16.4. The molecule has 1 aliphatic heterocycles. The summed E-state index contributed by atoms with van der Waals surface area (Å²) in [6.07, 6.45) is 0. The number of rotatable bonds is 3. The first-order valence-electron chi connectivity index (χ1n) is 7.60. The van der Waals surface area contributed by atoms with Gasteiger partial charge in [-0.25, -0.2) is 4.79 Å². The molecule has 5 nitrogen and oxygen atoms in total. The Kier molecular flexibility index (Phi) is 4.21. The normalized spacial score (nSPS) is 15.2. The van der Waals surface area contributed by atoms with Crippen molar-refractivity contribution < 1.29 is 14.6 Å². The predicted molar refractivity (Wildman–Crippen MR) is 87.8 cm³/mol. The van der Waals surface area contributed by atoms with Gasteiger partial charge in [-0.15, -0.1) is 0 Å². The van der Waals surface area contributed by atoms with Gasteiger partial charge in [-0.05, 0) is 25.1 Å². The lowest BCUT2D eigenvalue weighted by Gasteiger charge is -2.34. The quantitative estimate of drug-likeness (QED) is 0.916. The first-order valence-corrected chi connectivity index (χ1v) is 7.60. The van der Waals surface area contributed by atoms with Crippen molar-refractivity contribution in [1.82, 2.24) is 10.2 Å².